The Kier molecular flexibility index (Phi) is 5.90. The molecular formula is C12H26O4. The summed E-state index contributed by atoms with van der Waals surface area (Å²) in [5, 5.41) is 38.5. The number of aliphatic hydroxyl groups excluding tert-OH is 3. The lowest BCUT2D eigenvalue weighted by molar-refractivity contribution is -0.166. The molecule has 4 N–H and O–H groups in total. The van der Waals surface area contributed by atoms with Gasteiger partial charge in [-0.3, -0.25) is 0 Å². The minimum Gasteiger partial charge on any atom is -0.390 e. The van der Waals surface area contributed by atoms with Crippen LogP contribution in [0.5, 0.6) is 0 Å². The lowest BCUT2D eigenvalue weighted by Gasteiger charge is -2.42. The van der Waals surface area contributed by atoms with Gasteiger partial charge >= 0.3 is 0 Å². The Labute approximate surface area is 97.9 Å². The fourth-order valence-electron chi connectivity index (χ4n) is 1.90. The Morgan fingerprint density at radius 3 is 1.69 bits per heavy atom. The summed E-state index contributed by atoms with van der Waals surface area (Å²) < 4.78 is 0. The van der Waals surface area contributed by atoms with Crippen LogP contribution in [0.1, 0.15) is 41.0 Å². The fourth-order valence-corrected chi connectivity index (χ4v) is 1.90. The molecule has 0 aliphatic heterocycles. The van der Waals surface area contributed by atoms with Gasteiger partial charge in [-0.2, -0.15) is 0 Å². The van der Waals surface area contributed by atoms with Gasteiger partial charge in [-0.15, -0.1) is 0 Å². The number of hydrogen-bond acceptors (Lipinski definition) is 4. The molecule has 0 bridgehead atoms. The molecule has 0 aliphatic carbocycles. The molecule has 0 rings (SSSR count). The molecular weight excluding hydrogens is 208 g/mol. The predicted molar refractivity (Wildman–Crippen MR) is 62.6 cm³/mol. The van der Waals surface area contributed by atoms with Crippen LogP contribution in [0.2, 0.25) is 0 Å². The van der Waals surface area contributed by atoms with E-state index in [4.69, 9.17) is 0 Å². The van der Waals surface area contributed by atoms with Crippen molar-refractivity contribution in [3.63, 3.8) is 0 Å². The average molecular weight is 234 g/mol. The van der Waals surface area contributed by atoms with Crippen molar-refractivity contribution in [1.82, 2.24) is 0 Å². The largest absolute Gasteiger partial charge is 0.390 e. The molecule has 4 atom stereocenters. The topological polar surface area (TPSA) is 80.9 Å². The molecule has 0 aliphatic rings. The minimum atomic E-state index is -1.49. The van der Waals surface area contributed by atoms with Crippen LogP contribution in [0.4, 0.5) is 0 Å². The van der Waals surface area contributed by atoms with Gasteiger partial charge in [0.2, 0.25) is 0 Å². The van der Waals surface area contributed by atoms with E-state index in [-0.39, 0.29) is 5.92 Å². The maximum Gasteiger partial charge on any atom is 0.154 e. The van der Waals surface area contributed by atoms with Gasteiger partial charge in [0.15, 0.2) is 6.29 Å². The van der Waals surface area contributed by atoms with E-state index in [2.05, 4.69) is 0 Å². The first kappa shape index (κ1) is 15.8. The molecule has 0 amide bonds. The summed E-state index contributed by atoms with van der Waals surface area (Å²) in [6.07, 6.45) is -2.74. The molecule has 4 nitrogen and oxygen atoms in total. The van der Waals surface area contributed by atoms with E-state index in [1.165, 1.54) is 0 Å². The summed E-state index contributed by atoms with van der Waals surface area (Å²) in [7, 11) is 0. The predicted octanol–water partition coefficient (Wildman–Crippen LogP) is 0.727. The third kappa shape index (κ3) is 3.17. The molecule has 0 aromatic rings. The molecule has 16 heavy (non-hydrogen) atoms. The molecule has 0 heterocycles. The second-order valence-electron chi connectivity index (χ2n) is 5.24. The summed E-state index contributed by atoms with van der Waals surface area (Å²) in [5.74, 6) is -0.565. The number of aliphatic hydroxyl groups is 4. The van der Waals surface area contributed by atoms with E-state index in [1.807, 2.05) is 20.8 Å². The SMILES string of the molecule is CCC(C)(C(C)C(O)O)C(O)C(O)C(C)C. The second-order valence-corrected chi connectivity index (χ2v) is 5.24. The summed E-state index contributed by atoms with van der Waals surface area (Å²) in [4.78, 5) is 0. The second kappa shape index (κ2) is 5.96. The summed E-state index contributed by atoms with van der Waals surface area (Å²) in [5.41, 5.74) is -0.710. The third-order valence-corrected chi connectivity index (χ3v) is 3.93. The number of hydrogen-bond donors (Lipinski definition) is 4. The highest BCUT2D eigenvalue weighted by molar-refractivity contribution is 4.91. The zero-order valence-electron chi connectivity index (χ0n) is 10.9. The van der Waals surface area contributed by atoms with Crippen molar-refractivity contribution in [3.8, 4) is 0 Å². The molecule has 0 aromatic carbocycles. The van der Waals surface area contributed by atoms with Crippen molar-refractivity contribution in [2.45, 2.75) is 59.5 Å². The molecule has 0 spiro atoms. The fraction of sp³-hybridized carbons (Fsp3) is 1.00. The smallest absolute Gasteiger partial charge is 0.154 e. The van der Waals surface area contributed by atoms with E-state index in [1.54, 1.807) is 13.8 Å². The van der Waals surface area contributed by atoms with Crippen LogP contribution in [-0.2, 0) is 0 Å². The summed E-state index contributed by atoms with van der Waals surface area (Å²) in [6, 6.07) is 0. The highest BCUT2D eigenvalue weighted by Gasteiger charge is 2.43. The van der Waals surface area contributed by atoms with E-state index >= 15 is 0 Å². The minimum absolute atomic E-state index is 0.0658. The zero-order valence-corrected chi connectivity index (χ0v) is 10.9. The summed E-state index contributed by atoms with van der Waals surface area (Å²) in [6.45, 7) is 8.96. The average Bonchev–Trinajstić information content (AvgIpc) is 2.24. The maximum atomic E-state index is 10.2. The van der Waals surface area contributed by atoms with E-state index in [0.717, 1.165) is 0 Å². The van der Waals surface area contributed by atoms with Crippen LogP contribution >= 0.6 is 0 Å². The monoisotopic (exact) mass is 234 g/mol. The van der Waals surface area contributed by atoms with E-state index in [9.17, 15) is 20.4 Å². The van der Waals surface area contributed by atoms with Crippen LogP contribution < -0.4 is 0 Å². The molecule has 0 saturated heterocycles. The first-order valence-corrected chi connectivity index (χ1v) is 5.90. The van der Waals surface area contributed by atoms with Crippen molar-refractivity contribution in [3.05, 3.63) is 0 Å². The highest BCUT2D eigenvalue weighted by atomic mass is 16.5. The summed E-state index contributed by atoms with van der Waals surface area (Å²) >= 11 is 0. The van der Waals surface area contributed by atoms with Gasteiger partial charge in [-0.1, -0.05) is 34.6 Å². The Balaban J connectivity index is 4.94. The molecule has 4 unspecified atom stereocenters. The van der Waals surface area contributed by atoms with Crippen LogP contribution in [0.25, 0.3) is 0 Å². The third-order valence-electron chi connectivity index (χ3n) is 3.93. The molecule has 0 radical (unpaired) electrons. The molecule has 4 heteroatoms. The van der Waals surface area contributed by atoms with Gasteiger partial charge < -0.3 is 20.4 Å². The Morgan fingerprint density at radius 2 is 1.44 bits per heavy atom. The van der Waals surface area contributed by atoms with Crippen molar-refractivity contribution in [1.29, 1.82) is 0 Å². The van der Waals surface area contributed by atoms with Gasteiger partial charge in [0, 0.05) is 11.3 Å². The zero-order chi connectivity index (χ0) is 13.1. The van der Waals surface area contributed by atoms with Gasteiger partial charge in [0.05, 0.1) is 12.2 Å². The van der Waals surface area contributed by atoms with Crippen LogP contribution in [0, 0.1) is 17.3 Å². The van der Waals surface area contributed by atoms with Crippen LogP contribution in [0.3, 0.4) is 0 Å². The Morgan fingerprint density at radius 1 is 1.00 bits per heavy atom. The Bertz CT molecular complexity index is 205. The van der Waals surface area contributed by atoms with Gasteiger partial charge in [0.1, 0.15) is 0 Å². The molecule has 98 valence electrons. The number of rotatable bonds is 6. The Hall–Kier alpha value is -0.160. The first-order chi connectivity index (χ1) is 7.18. The lowest BCUT2D eigenvalue weighted by atomic mass is 9.68. The quantitative estimate of drug-likeness (QED) is 0.511. The van der Waals surface area contributed by atoms with E-state index in [0.29, 0.717) is 6.42 Å². The van der Waals surface area contributed by atoms with Crippen molar-refractivity contribution in [2.75, 3.05) is 0 Å². The first-order valence-electron chi connectivity index (χ1n) is 5.90. The lowest BCUT2D eigenvalue weighted by Crippen LogP contribution is -2.49. The van der Waals surface area contributed by atoms with Gasteiger partial charge in [-0.25, -0.2) is 0 Å². The van der Waals surface area contributed by atoms with Crippen LogP contribution in [-0.4, -0.2) is 38.9 Å². The van der Waals surface area contributed by atoms with Crippen LogP contribution in [0.15, 0.2) is 0 Å². The van der Waals surface area contributed by atoms with Crippen molar-refractivity contribution >= 4 is 0 Å². The molecule has 0 fully saturated rings. The van der Waals surface area contributed by atoms with Gasteiger partial charge in [0.25, 0.3) is 0 Å². The van der Waals surface area contributed by atoms with Crippen molar-refractivity contribution < 1.29 is 20.4 Å². The van der Waals surface area contributed by atoms with Gasteiger partial charge in [-0.05, 0) is 12.3 Å². The molecule has 0 saturated carbocycles. The standard InChI is InChI=1S/C12H26O4/c1-6-12(5,8(4)11(15)16)10(14)9(13)7(2)3/h7-11,13-16H,6H2,1-5H3. The van der Waals surface area contributed by atoms with Crippen molar-refractivity contribution in [2.24, 2.45) is 17.3 Å². The normalized spacial score (nSPS) is 21.9. The maximum absolute atomic E-state index is 10.2. The highest BCUT2D eigenvalue weighted by Crippen LogP contribution is 2.38. The van der Waals surface area contributed by atoms with E-state index < -0.39 is 29.8 Å². The molecule has 0 aromatic heterocycles.